The summed E-state index contributed by atoms with van der Waals surface area (Å²) in [6, 6.07) is 5.44. The van der Waals surface area contributed by atoms with E-state index in [9.17, 15) is 4.79 Å². The van der Waals surface area contributed by atoms with E-state index in [4.69, 9.17) is 0 Å². The molecule has 1 heterocycles. The molecule has 2 rings (SSSR count). The second-order valence-corrected chi connectivity index (χ2v) is 4.45. The van der Waals surface area contributed by atoms with Crippen molar-refractivity contribution in [2.75, 3.05) is 12.4 Å². The number of hydrogen-bond donors (Lipinski definition) is 3. The molecule has 3 N–H and O–H groups in total. The van der Waals surface area contributed by atoms with Crippen molar-refractivity contribution in [2.24, 2.45) is 0 Å². The highest BCUT2D eigenvalue weighted by atomic mass is 16.1. The number of aromatic amines is 1. The zero-order chi connectivity index (χ0) is 13.8. The lowest BCUT2D eigenvalue weighted by Crippen LogP contribution is -2.27. The number of hydrogen-bond acceptors (Lipinski definition) is 3. The highest BCUT2D eigenvalue weighted by Gasteiger charge is 2.13. The molecule has 0 saturated heterocycles. The first-order valence-corrected chi connectivity index (χ1v) is 6.20. The summed E-state index contributed by atoms with van der Waals surface area (Å²) in [5.74, 6) is 0.645. The third kappa shape index (κ3) is 2.93. The Bertz CT molecular complexity index is 563. The van der Waals surface area contributed by atoms with Crippen LogP contribution in [0.3, 0.4) is 0 Å². The maximum Gasteiger partial charge on any atom is 0.251 e. The Morgan fingerprint density at radius 3 is 2.79 bits per heavy atom. The highest BCUT2D eigenvalue weighted by Crippen LogP contribution is 2.16. The number of carbonyl (C=O) groups is 1. The Balaban J connectivity index is 2.10. The molecule has 100 valence electrons. The summed E-state index contributed by atoms with van der Waals surface area (Å²) in [5.41, 5.74) is 2.71. The van der Waals surface area contributed by atoms with Gasteiger partial charge in [0.05, 0.1) is 6.04 Å². The molecule has 0 fully saturated rings. The van der Waals surface area contributed by atoms with Gasteiger partial charge in [-0.3, -0.25) is 4.79 Å². The van der Waals surface area contributed by atoms with Gasteiger partial charge >= 0.3 is 0 Å². The molecule has 0 aliphatic heterocycles. The van der Waals surface area contributed by atoms with Gasteiger partial charge in [0.2, 0.25) is 0 Å². The maximum atomic E-state index is 12.1. The number of anilines is 1. The smallest absolute Gasteiger partial charge is 0.251 e. The van der Waals surface area contributed by atoms with Crippen LogP contribution in [0.2, 0.25) is 0 Å². The number of aromatic nitrogens is 2. The molecule has 1 aromatic heterocycles. The van der Waals surface area contributed by atoms with Crippen molar-refractivity contribution in [3.8, 4) is 0 Å². The van der Waals surface area contributed by atoms with E-state index in [0.717, 1.165) is 17.1 Å². The number of aryl methyl sites for hydroxylation is 1. The second-order valence-electron chi connectivity index (χ2n) is 4.45. The van der Waals surface area contributed by atoms with Gasteiger partial charge in [-0.15, -0.1) is 0 Å². The van der Waals surface area contributed by atoms with Gasteiger partial charge in [-0.1, -0.05) is 0 Å². The van der Waals surface area contributed by atoms with E-state index >= 15 is 0 Å². The number of carbonyl (C=O) groups excluding carboxylic acids is 1. The summed E-state index contributed by atoms with van der Waals surface area (Å²) in [4.78, 5) is 19.2. The van der Waals surface area contributed by atoms with E-state index in [1.807, 2.05) is 39.1 Å². The van der Waals surface area contributed by atoms with E-state index < -0.39 is 0 Å². The quantitative estimate of drug-likeness (QED) is 0.787. The van der Waals surface area contributed by atoms with E-state index in [-0.39, 0.29) is 11.9 Å². The van der Waals surface area contributed by atoms with Gasteiger partial charge < -0.3 is 15.6 Å². The van der Waals surface area contributed by atoms with E-state index in [1.54, 1.807) is 12.4 Å². The van der Waals surface area contributed by atoms with Crippen LogP contribution in [0, 0.1) is 6.92 Å². The van der Waals surface area contributed by atoms with Crippen LogP contribution in [0.25, 0.3) is 0 Å². The van der Waals surface area contributed by atoms with Gasteiger partial charge in [0.1, 0.15) is 5.82 Å². The predicted molar refractivity (Wildman–Crippen MR) is 75.2 cm³/mol. The average molecular weight is 258 g/mol. The average Bonchev–Trinajstić information content (AvgIpc) is 2.92. The summed E-state index contributed by atoms with van der Waals surface area (Å²) >= 11 is 0. The molecular formula is C14H18N4O. The Morgan fingerprint density at radius 2 is 2.21 bits per heavy atom. The fourth-order valence-electron chi connectivity index (χ4n) is 1.95. The topological polar surface area (TPSA) is 69.8 Å². The second kappa shape index (κ2) is 5.56. The molecule has 0 bridgehead atoms. The molecule has 0 spiro atoms. The predicted octanol–water partition coefficient (Wildman–Crippen LogP) is 2.25. The number of nitrogens with one attached hydrogen (secondary N) is 3. The third-order valence-electron chi connectivity index (χ3n) is 3.04. The minimum Gasteiger partial charge on any atom is -0.388 e. The molecule has 5 heteroatoms. The normalized spacial score (nSPS) is 11.9. The molecule has 0 aliphatic carbocycles. The Hall–Kier alpha value is -2.30. The highest BCUT2D eigenvalue weighted by molar-refractivity contribution is 5.95. The largest absolute Gasteiger partial charge is 0.388 e. The zero-order valence-corrected chi connectivity index (χ0v) is 11.3. The lowest BCUT2D eigenvalue weighted by molar-refractivity contribution is 0.0938. The first-order valence-electron chi connectivity index (χ1n) is 6.20. The van der Waals surface area contributed by atoms with E-state index in [2.05, 4.69) is 20.6 Å². The Kier molecular flexibility index (Phi) is 3.85. The third-order valence-corrected chi connectivity index (χ3v) is 3.04. The molecule has 1 atom stereocenters. The maximum absolute atomic E-state index is 12.1. The zero-order valence-electron chi connectivity index (χ0n) is 11.3. The van der Waals surface area contributed by atoms with Crippen LogP contribution in [0.15, 0.2) is 30.6 Å². The number of H-pyrrole nitrogens is 1. The lowest BCUT2D eigenvalue weighted by Gasteiger charge is -2.13. The summed E-state index contributed by atoms with van der Waals surface area (Å²) < 4.78 is 0. The van der Waals surface area contributed by atoms with Gasteiger partial charge in [0.25, 0.3) is 5.91 Å². The number of nitrogens with zero attached hydrogens (tertiary/aromatic N) is 1. The lowest BCUT2D eigenvalue weighted by atomic mass is 10.1. The van der Waals surface area contributed by atoms with Crippen molar-refractivity contribution >= 4 is 11.6 Å². The molecule has 1 unspecified atom stereocenters. The molecule has 0 saturated carbocycles. The molecular weight excluding hydrogens is 240 g/mol. The van der Waals surface area contributed by atoms with Gasteiger partial charge in [-0.2, -0.15) is 0 Å². The molecule has 1 aromatic carbocycles. The summed E-state index contributed by atoms with van der Waals surface area (Å²) in [6.07, 6.45) is 3.41. The monoisotopic (exact) mass is 258 g/mol. The van der Waals surface area contributed by atoms with Gasteiger partial charge in [-0.25, -0.2) is 4.98 Å². The van der Waals surface area contributed by atoms with Gasteiger partial charge in [0, 0.05) is 30.7 Å². The van der Waals surface area contributed by atoms with Crippen LogP contribution in [-0.2, 0) is 0 Å². The van der Waals surface area contributed by atoms with Crippen molar-refractivity contribution < 1.29 is 4.79 Å². The molecule has 5 nitrogen and oxygen atoms in total. The van der Waals surface area contributed by atoms with Gasteiger partial charge in [0.15, 0.2) is 0 Å². The molecule has 19 heavy (non-hydrogen) atoms. The molecule has 0 aliphatic rings. The molecule has 2 aromatic rings. The van der Waals surface area contributed by atoms with E-state index in [1.165, 1.54) is 0 Å². The first-order chi connectivity index (χ1) is 9.11. The molecule has 1 amide bonds. The number of rotatable bonds is 4. The van der Waals surface area contributed by atoms with Crippen molar-refractivity contribution in [1.82, 2.24) is 15.3 Å². The summed E-state index contributed by atoms with van der Waals surface area (Å²) in [5, 5.41) is 5.99. The van der Waals surface area contributed by atoms with Crippen LogP contribution >= 0.6 is 0 Å². The number of imidazole rings is 1. The van der Waals surface area contributed by atoms with Crippen LogP contribution in [0.1, 0.15) is 34.7 Å². The summed E-state index contributed by atoms with van der Waals surface area (Å²) in [6.45, 7) is 3.87. The Morgan fingerprint density at radius 1 is 1.42 bits per heavy atom. The van der Waals surface area contributed by atoms with Crippen molar-refractivity contribution in [1.29, 1.82) is 0 Å². The number of benzene rings is 1. The first kappa shape index (κ1) is 13.1. The Labute approximate surface area is 112 Å². The fraction of sp³-hybridized carbons (Fsp3) is 0.286. The minimum atomic E-state index is -0.146. The van der Waals surface area contributed by atoms with Gasteiger partial charge in [-0.05, 0) is 37.6 Å². The SMILES string of the molecule is CNc1ccc(C(=O)NC(C)c2ncc[nH]2)cc1C. The standard InChI is InChI=1S/C14H18N4O/c1-9-8-11(4-5-12(9)15-3)14(19)18-10(2)13-16-6-7-17-13/h4-8,10,15H,1-3H3,(H,16,17)(H,18,19). The summed E-state index contributed by atoms with van der Waals surface area (Å²) in [7, 11) is 1.86. The van der Waals surface area contributed by atoms with Crippen LogP contribution in [0.4, 0.5) is 5.69 Å². The van der Waals surface area contributed by atoms with Crippen LogP contribution in [0.5, 0.6) is 0 Å². The number of amides is 1. The van der Waals surface area contributed by atoms with Crippen LogP contribution < -0.4 is 10.6 Å². The van der Waals surface area contributed by atoms with Crippen LogP contribution in [-0.4, -0.2) is 22.9 Å². The van der Waals surface area contributed by atoms with E-state index in [0.29, 0.717) is 5.56 Å². The van der Waals surface area contributed by atoms with Crippen molar-refractivity contribution in [3.63, 3.8) is 0 Å². The fourth-order valence-corrected chi connectivity index (χ4v) is 1.95. The molecule has 0 radical (unpaired) electrons. The minimum absolute atomic E-state index is 0.102. The van der Waals surface area contributed by atoms with Crippen molar-refractivity contribution in [2.45, 2.75) is 19.9 Å². The van der Waals surface area contributed by atoms with Crippen molar-refractivity contribution in [3.05, 3.63) is 47.5 Å².